The molecule has 1 saturated carbocycles. The Morgan fingerprint density at radius 1 is 1.14 bits per heavy atom. The molecule has 4 nitrogen and oxygen atoms in total. The first-order chi connectivity index (χ1) is 10.2. The fourth-order valence-corrected chi connectivity index (χ4v) is 3.77. The van der Waals surface area contributed by atoms with Crippen molar-refractivity contribution in [3.63, 3.8) is 0 Å². The highest BCUT2D eigenvalue weighted by Crippen LogP contribution is 2.24. The fourth-order valence-electron chi connectivity index (χ4n) is 3.77. The first-order valence-corrected chi connectivity index (χ1v) is 8.85. The normalized spacial score (nSPS) is 27.2. The molecule has 5 heteroatoms. The van der Waals surface area contributed by atoms with Crippen molar-refractivity contribution in [3.8, 4) is 0 Å². The summed E-state index contributed by atoms with van der Waals surface area (Å²) in [5.41, 5.74) is 0. The van der Waals surface area contributed by atoms with Gasteiger partial charge in [0.15, 0.2) is 0 Å². The van der Waals surface area contributed by atoms with Gasteiger partial charge in [-0.25, -0.2) is 0 Å². The second kappa shape index (κ2) is 10.5. The Hall–Kier alpha value is -0.320. The standard InChI is InChI=1S/C17H33N3O.ClH/c1-14-5-3-4-6-16(14)19-17(21)13-20-11-8-15(9-12-20)7-10-18-2;/h14-16,18H,3-13H2,1-2H3,(H,19,21);1H. The van der Waals surface area contributed by atoms with Crippen LogP contribution in [0.2, 0.25) is 0 Å². The van der Waals surface area contributed by atoms with E-state index in [1.807, 2.05) is 7.05 Å². The van der Waals surface area contributed by atoms with Crippen molar-refractivity contribution < 1.29 is 4.79 Å². The van der Waals surface area contributed by atoms with Gasteiger partial charge in [-0.2, -0.15) is 0 Å². The van der Waals surface area contributed by atoms with E-state index < -0.39 is 0 Å². The van der Waals surface area contributed by atoms with Gasteiger partial charge in [0.2, 0.25) is 5.91 Å². The van der Waals surface area contributed by atoms with Gasteiger partial charge in [0.1, 0.15) is 0 Å². The predicted molar refractivity (Wildman–Crippen MR) is 94.5 cm³/mol. The Kier molecular flexibility index (Phi) is 9.37. The number of piperidine rings is 1. The number of nitrogens with zero attached hydrogens (tertiary/aromatic N) is 1. The summed E-state index contributed by atoms with van der Waals surface area (Å²) in [4.78, 5) is 14.5. The predicted octanol–water partition coefficient (Wildman–Crippen LogP) is 2.42. The molecule has 1 aliphatic carbocycles. The van der Waals surface area contributed by atoms with E-state index in [1.54, 1.807) is 0 Å². The van der Waals surface area contributed by atoms with Crippen molar-refractivity contribution in [1.82, 2.24) is 15.5 Å². The molecule has 1 amide bonds. The maximum absolute atomic E-state index is 12.2. The number of nitrogens with one attached hydrogen (secondary N) is 2. The lowest BCUT2D eigenvalue weighted by Gasteiger charge is -2.33. The number of hydrogen-bond acceptors (Lipinski definition) is 3. The highest BCUT2D eigenvalue weighted by atomic mass is 35.5. The fraction of sp³-hybridized carbons (Fsp3) is 0.941. The molecule has 1 aliphatic heterocycles. The molecule has 0 aromatic heterocycles. The summed E-state index contributed by atoms with van der Waals surface area (Å²) in [6.45, 7) is 6.16. The number of amides is 1. The Balaban J connectivity index is 0.00000242. The van der Waals surface area contributed by atoms with Crippen LogP contribution in [0.25, 0.3) is 0 Å². The van der Waals surface area contributed by atoms with Crippen LogP contribution in [0.1, 0.15) is 51.9 Å². The van der Waals surface area contributed by atoms with Crippen LogP contribution in [0, 0.1) is 11.8 Å². The maximum atomic E-state index is 12.2. The van der Waals surface area contributed by atoms with E-state index in [0.717, 1.165) is 25.6 Å². The lowest BCUT2D eigenvalue weighted by Crippen LogP contribution is -2.47. The van der Waals surface area contributed by atoms with Gasteiger partial charge in [-0.15, -0.1) is 12.4 Å². The van der Waals surface area contributed by atoms with Crippen LogP contribution in [0.15, 0.2) is 0 Å². The molecule has 22 heavy (non-hydrogen) atoms. The lowest BCUT2D eigenvalue weighted by atomic mass is 9.86. The van der Waals surface area contributed by atoms with E-state index in [2.05, 4.69) is 22.5 Å². The second-order valence-electron chi connectivity index (χ2n) is 7.05. The molecular weight excluding hydrogens is 298 g/mol. The number of halogens is 1. The van der Waals surface area contributed by atoms with Gasteiger partial charge >= 0.3 is 0 Å². The zero-order valence-corrected chi connectivity index (χ0v) is 15.1. The van der Waals surface area contributed by atoms with Crippen molar-refractivity contribution in [2.24, 2.45) is 11.8 Å². The minimum absolute atomic E-state index is 0. The Morgan fingerprint density at radius 3 is 2.45 bits per heavy atom. The van der Waals surface area contributed by atoms with Gasteiger partial charge in [-0.3, -0.25) is 9.69 Å². The summed E-state index contributed by atoms with van der Waals surface area (Å²) in [5, 5.41) is 6.50. The van der Waals surface area contributed by atoms with E-state index in [9.17, 15) is 4.79 Å². The molecule has 2 rings (SSSR count). The van der Waals surface area contributed by atoms with E-state index in [-0.39, 0.29) is 18.3 Å². The van der Waals surface area contributed by atoms with E-state index in [0.29, 0.717) is 18.5 Å². The summed E-state index contributed by atoms with van der Waals surface area (Å²) in [6, 6.07) is 0.416. The molecule has 2 N–H and O–H groups in total. The number of likely N-dealkylation sites (tertiary alicyclic amines) is 1. The third-order valence-corrected chi connectivity index (χ3v) is 5.33. The molecule has 2 aliphatic rings. The summed E-state index contributed by atoms with van der Waals surface area (Å²) >= 11 is 0. The van der Waals surface area contributed by atoms with Crippen LogP contribution in [0.3, 0.4) is 0 Å². The summed E-state index contributed by atoms with van der Waals surface area (Å²) in [5.74, 6) is 1.73. The summed E-state index contributed by atoms with van der Waals surface area (Å²) < 4.78 is 0. The van der Waals surface area contributed by atoms with Crippen molar-refractivity contribution in [1.29, 1.82) is 0 Å². The largest absolute Gasteiger partial charge is 0.352 e. The zero-order chi connectivity index (χ0) is 15.1. The Morgan fingerprint density at radius 2 is 1.82 bits per heavy atom. The van der Waals surface area contributed by atoms with Crippen molar-refractivity contribution in [3.05, 3.63) is 0 Å². The number of carbonyl (C=O) groups excluding carboxylic acids is 1. The number of hydrogen-bond donors (Lipinski definition) is 2. The van der Waals surface area contributed by atoms with E-state index in [4.69, 9.17) is 0 Å². The maximum Gasteiger partial charge on any atom is 0.234 e. The highest BCUT2D eigenvalue weighted by Gasteiger charge is 2.25. The molecule has 2 atom stereocenters. The third kappa shape index (κ3) is 6.43. The van der Waals surface area contributed by atoms with E-state index >= 15 is 0 Å². The molecule has 0 spiro atoms. The number of carbonyl (C=O) groups is 1. The minimum Gasteiger partial charge on any atom is -0.352 e. The molecule has 0 radical (unpaired) electrons. The quantitative estimate of drug-likeness (QED) is 0.785. The molecule has 2 fully saturated rings. The number of rotatable bonds is 6. The van der Waals surface area contributed by atoms with Crippen LogP contribution >= 0.6 is 12.4 Å². The van der Waals surface area contributed by atoms with Crippen LogP contribution in [0.4, 0.5) is 0 Å². The van der Waals surface area contributed by atoms with Crippen molar-refractivity contribution in [2.45, 2.75) is 57.9 Å². The van der Waals surface area contributed by atoms with Crippen LogP contribution in [-0.2, 0) is 4.79 Å². The molecule has 0 bridgehead atoms. The average Bonchev–Trinajstić information content (AvgIpc) is 2.49. The SMILES string of the molecule is CNCCC1CCN(CC(=O)NC2CCCCC2C)CC1.Cl. The van der Waals surface area contributed by atoms with Crippen LogP contribution in [-0.4, -0.2) is 50.1 Å². The first-order valence-electron chi connectivity index (χ1n) is 8.85. The molecule has 0 aromatic rings. The van der Waals surface area contributed by atoms with Gasteiger partial charge in [-0.05, 0) is 70.6 Å². The summed E-state index contributed by atoms with van der Waals surface area (Å²) in [7, 11) is 2.02. The van der Waals surface area contributed by atoms with Gasteiger partial charge in [0.05, 0.1) is 6.54 Å². The van der Waals surface area contributed by atoms with Crippen molar-refractivity contribution in [2.75, 3.05) is 33.2 Å². The molecule has 1 saturated heterocycles. The van der Waals surface area contributed by atoms with E-state index in [1.165, 1.54) is 44.9 Å². The smallest absolute Gasteiger partial charge is 0.234 e. The molecule has 0 aromatic carbocycles. The highest BCUT2D eigenvalue weighted by molar-refractivity contribution is 5.85. The van der Waals surface area contributed by atoms with Gasteiger partial charge in [-0.1, -0.05) is 19.8 Å². The molecule has 1 heterocycles. The monoisotopic (exact) mass is 331 g/mol. The van der Waals surface area contributed by atoms with Gasteiger partial charge in [0.25, 0.3) is 0 Å². The molecule has 130 valence electrons. The molecular formula is C17H34ClN3O. The third-order valence-electron chi connectivity index (χ3n) is 5.33. The Labute approximate surface area is 142 Å². The first kappa shape index (κ1) is 19.7. The van der Waals surface area contributed by atoms with Crippen LogP contribution in [0.5, 0.6) is 0 Å². The zero-order valence-electron chi connectivity index (χ0n) is 14.3. The van der Waals surface area contributed by atoms with Crippen LogP contribution < -0.4 is 10.6 Å². The molecule has 2 unspecified atom stereocenters. The van der Waals surface area contributed by atoms with Gasteiger partial charge in [0, 0.05) is 6.04 Å². The Bertz CT molecular complexity index is 319. The second-order valence-corrected chi connectivity index (χ2v) is 7.05. The summed E-state index contributed by atoms with van der Waals surface area (Å²) in [6.07, 6.45) is 8.79. The minimum atomic E-state index is 0. The lowest BCUT2D eigenvalue weighted by molar-refractivity contribution is -0.123. The van der Waals surface area contributed by atoms with Crippen molar-refractivity contribution >= 4 is 18.3 Å². The average molecular weight is 332 g/mol. The van der Waals surface area contributed by atoms with Gasteiger partial charge < -0.3 is 10.6 Å². The topological polar surface area (TPSA) is 44.4 Å².